The molecule has 2 aromatic heterocycles. The van der Waals surface area contributed by atoms with Gasteiger partial charge in [0.25, 0.3) is 0 Å². The summed E-state index contributed by atoms with van der Waals surface area (Å²) in [6.07, 6.45) is 2.56. The third kappa shape index (κ3) is 2.09. The maximum absolute atomic E-state index is 5.91. The molecule has 0 saturated heterocycles. The third-order valence-electron chi connectivity index (χ3n) is 2.68. The van der Waals surface area contributed by atoms with Crippen LogP contribution in [-0.4, -0.2) is 14.6 Å². The number of fused-ring (bicyclic) bond motifs is 1. The molecule has 3 aromatic rings. The van der Waals surface area contributed by atoms with Crippen molar-refractivity contribution in [1.29, 1.82) is 0 Å². The zero-order valence-corrected chi connectivity index (χ0v) is 11.1. The van der Waals surface area contributed by atoms with Gasteiger partial charge in [0.05, 0.1) is 5.69 Å². The van der Waals surface area contributed by atoms with E-state index in [-0.39, 0.29) is 0 Å². The quantitative estimate of drug-likeness (QED) is 0.792. The number of nitrogen functional groups attached to an aromatic ring is 1. The van der Waals surface area contributed by atoms with Crippen LogP contribution in [0, 0.1) is 0 Å². The summed E-state index contributed by atoms with van der Waals surface area (Å²) >= 11 is 3.39. The van der Waals surface area contributed by atoms with Gasteiger partial charge in [-0.2, -0.15) is 5.10 Å². The van der Waals surface area contributed by atoms with Crippen molar-refractivity contribution in [2.45, 2.75) is 6.42 Å². The van der Waals surface area contributed by atoms with Crippen LogP contribution in [-0.2, 0) is 6.42 Å². The zero-order valence-electron chi connectivity index (χ0n) is 9.55. The van der Waals surface area contributed by atoms with E-state index in [4.69, 9.17) is 5.73 Å². The topological polar surface area (TPSA) is 56.2 Å². The number of hydrogen-bond acceptors (Lipinski definition) is 3. The predicted octanol–water partition coefficient (Wildman–Crippen LogP) is 2.66. The Morgan fingerprint density at radius 1 is 1.22 bits per heavy atom. The van der Waals surface area contributed by atoms with Crippen molar-refractivity contribution in [3.63, 3.8) is 0 Å². The number of halogens is 1. The highest BCUT2D eigenvalue weighted by Gasteiger charge is 2.08. The van der Waals surface area contributed by atoms with Crippen LogP contribution < -0.4 is 5.73 Å². The van der Waals surface area contributed by atoms with Crippen LogP contribution in [0.1, 0.15) is 11.4 Å². The van der Waals surface area contributed by atoms with Crippen molar-refractivity contribution < 1.29 is 0 Å². The van der Waals surface area contributed by atoms with E-state index in [0.717, 1.165) is 10.3 Å². The van der Waals surface area contributed by atoms with E-state index in [1.54, 1.807) is 4.52 Å². The van der Waals surface area contributed by atoms with Crippen LogP contribution in [0.2, 0.25) is 0 Å². The molecule has 3 rings (SSSR count). The minimum atomic E-state index is 0.621. The number of nitrogens with two attached hydrogens (primary N) is 1. The van der Waals surface area contributed by atoms with Gasteiger partial charge in [-0.15, -0.1) is 0 Å². The first kappa shape index (κ1) is 11.2. The molecule has 0 unspecified atom stereocenters. The molecule has 0 aliphatic heterocycles. The van der Waals surface area contributed by atoms with Crippen molar-refractivity contribution in [3.05, 3.63) is 58.5 Å². The highest BCUT2D eigenvalue weighted by Crippen LogP contribution is 2.18. The summed E-state index contributed by atoms with van der Waals surface area (Å²) in [5.74, 6) is 0.769. The first-order chi connectivity index (χ1) is 8.72. The zero-order chi connectivity index (χ0) is 12.5. The maximum atomic E-state index is 5.91. The number of anilines is 1. The lowest BCUT2D eigenvalue weighted by Gasteiger charge is -1.96. The van der Waals surface area contributed by atoms with Crippen molar-refractivity contribution in [2.24, 2.45) is 0 Å². The van der Waals surface area contributed by atoms with E-state index in [1.807, 2.05) is 30.5 Å². The van der Waals surface area contributed by atoms with Gasteiger partial charge in [0.2, 0.25) is 0 Å². The molecule has 2 heterocycles. The molecule has 0 atom stereocenters. The normalized spacial score (nSPS) is 10.9. The minimum Gasteiger partial charge on any atom is -0.396 e. The molecule has 0 aliphatic carbocycles. The van der Waals surface area contributed by atoms with Gasteiger partial charge in [-0.05, 0) is 27.6 Å². The van der Waals surface area contributed by atoms with Crippen molar-refractivity contribution in [3.8, 4) is 0 Å². The SMILES string of the molecule is Nc1cc(Br)cn2nc(Cc3ccccc3)nc12. The largest absolute Gasteiger partial charge is 0.396 e. The van der Waals surface area contributed by atoms with Gasteiger partial charge in [0.15, 0.2) is 11.5 Å². The fourth-order valence-corrected chi connectivity index (χ4v) is 2.32. The lowest BCUT2D eigenvalue weighted by Crippen LogP contribution is -1.93. The average molecular weight is 303 g/mol. The number of rotatable bonds is 2. The van der Waals surface area contributed by atoms with Crippen molar-refractivity contribution in [1.82, 2.24) is 14.6 Å². The van der Waals surface area contributed by atoms with Crippen molar-refractivity contribution >= 4 is 27.3 Å². The molecule has 0 radical (unpaired) electrons. The molecule has 0 bridgehead atoms. The Morgan fingerprint density at radius 3 is 2.78 bits per heavy atom. The molecule has 2 N–H and O–H groups in total. The second-order valence-corrected chi connectivity index (χ2v) is 4.99. The van der Waals surface area contributed by atoms with Crippen LogP contribution in [0.4, 0.5) is 5.69 Å². The van der Waals surface area contributed by atoms with Crippen LogP contribution in [0.25, 0.3) is 5.65 Å². The summed E-state index contributed by atoms with van der Waals surface area (Å²) in [7, 11) is 0. The summed E-state index contributed by atoms with van der Waals surface area (Å²) in [5.41, 5.74) is 8.42. The van der Waals surface area contributed by atoms with Gasteiger partial charge in [-0.3, -0.25) is 0 Å². The van der Waals surface area contributed by atoms with Gasteiger partial charge in [-0.1, -0.05) is 30.3 Å². The lowest BCUT2D eigenvalue weighted by atomic mass is 10.1. The average Bonchev–Trinajstić information content (AvgIpc) is 2.73. The standard InChI is InChI=1S/C13H11BrN4/c14-10-7-11(15)13-16-12(17-18(13)8-10)6-9-4-2-1-3-5-9/h1-5,7-8H,6,15H2. The Hall–Kier alpha value is -1.88. The van der Waals surface area contributed by atoms with E-state index < -0.39 is 0 Å². The van der Waals surface area contributed by atoms with Crippen LogP contribution >= 0.6 is 15.9 Å². The van der Waals surface area contributed by atoms with Crippen molar-refractivity contribution in [2.75, 3.05) is 5.73 Å². The van der Waals surface area contributed by atoms with Gasteiger partial charge < -0.3 is 5.73 Å². The molecule has 18 heavy (non-hydrogen) atoms. The van der Waals surface area contributed by atoms with E-state index in [9.17, 15) is 0 Å². The van der Waals surface area contributed by atoms with Crippen LogP contribution in [0.5, 0.6) is 0 Å². The Balaban J connectivity index is 2.01. The number of benzene rings is 1. The molecule has 0 aliphatic rings. The highest BCUT2D eigenvalue weighted by molar-refractivity contribution is 9.10. The van der Waals surface area contributed by atoms with Gasteiger partial charge in [-0.25, -0.2) is 9.50 Å². The number of hydrogen-bond donors (Lipinski definition) is 1. The van der Waals surface area contributed by atoms with Crippen LogP contribution in [0.15, 0.2) is 47.1 Å². The maximum Gasteiger partial charge on any atom is 0.178 e. The first-order valence-electron chi connectivity index (χ1n) is 5.56. The molecule has 0 spiro atoms. The predicted molar refractivity (Wildman–Crippen MR) is 74.3 cm³/mol. The van der Waals surface area contributed by atoms with E-state index in [0.29, 0.717) is 17.8 Å². The monoisotopic (exact) mass is 302 g/mol. The number of nitrogens with zero attached hydrogens (tertiary/aromatic N) is 3. The number of aromatic nitrogens is 3. The van der Waals surface area contributed by atoms with Crippen LogP contribution in [0.3, 0.4) is 0 Å². The van der Waals surface area contributed by atoms with Gasteiger partial charge in [0.1, 0.15) is 0 Å². The van der Waals surface area contributed by atoms with E-state index >= 15 is 0 Å². The highest BCUT2D eigenvalue weighted by atomic mass is 79.9. The Labute approximate surface area is 113 Å². The summed E-state index contributed by atoms with van der Waals surface area (Å²) in [6.45, 7) is 0. The summed E-state index contributed by atoms with van der Waals surface area (Å²) in [5, 5.41) is 4.43. The molecular formula is C13H11BrN4. The summed E-state index contributed by atoms with van der Waals surface area (Å²) < 4.78 is 2.60. The Bertz CT molecular complexity index is 691. The molecule has 4 nitrogen and oxygen atoms in total. The Morgan fingerprint density at radius 2 is 2.00 bits per heavy atom. The van der Waals surface area contributed by atoms with E-state index in [2.05, 4.69) is 38.1 Å². The molecule has 0 amide bonds. The smallest absolute Gasteiger partial charge is 0.178 e. The second kappa shape index (κ2) is 4.42. The molecule has 0 fully saturated rings. The summed E-state index contributed by atoms with van der Waals surface area (Å²) in [6, 6.07) is 12.0. The van der Waals surface area contributed by atoms with Gasteiger partial charge in [0, 0.05) is 17.1 Å². The summed E-state index contributed by atoms with van der Waals surface area (Å²) in [4.78, 5) is 4.45. The third-order valence-corrected chi connectivity index (χ3v) is 3.11. The molecule has 1 aromatic carbocycles. The van der Waals surface area contributed by atoms with Gasteiger partial charge >= 0.3 is 0 Å². The Kier molecular flexibility index (Phi) is 2.76. The number of pyridine rings is 1. The lowest BCUT2D eigenvalue weighted by molar-refractivity contribution is 0.898. The fourth-order valence-electron chi connectivity index (χ4n) is 1.87. The molecule has 0 saturated carbocycles. The second-order valence-electron chi connectivity index (χ2n) is 4.07. The first-order valence-corrected chi connectivity index (χ1v) is 6.36. The molecule has 5 heteroatoms. The minimum absolute atomic E-state index is 0.621. The molecular weight excluding hydrogens is 292 g/mol. The van der Waals surface area contributed by atoms with E-state index in [1.165, 1.54) is 5.56 Å². The fraction of sp³-hybridized carbons (Fsp3) is 0.0769. The molecule has 90 valence electrons.